The molecule has 1 fully saturated rings. The van der Waals surface area contributed by atoms with Crippen molar-refractivity contribution >= 4 is 34.5 Å². The first-order valence-corrected chi connectivity index (χ1v) is 8.58. The summed E-state index contributed by atoms with van der Waals surface area (Å²) in [4.78, 5) is 25.2. The highest BCUT2D eigenvalue weighted by Crippen LogP contribution is 2.28. The lowest BCUT2D eigenvalue weighted by molar-refractivity contribution is -0.117. The van der Waals surface area contributed by atoms with Crippen LogP contribution in [0.3, 0.4) is 0 Å². The molecule has 2 heterocycles. The lowest BCUT2D eigenvalue weighted by atomic mass is 10.1. The van der Waals surface area contributed by atoms with Gasteiger partial charge in [-0.2, -0.15) is 0 Å². The van der Waals surface area contributed by atoms with E-state index < -0.39 is 0 Å². The van der Waals surface area contributed by atoms with Gasteiger partial charge in [-0.1, -0.05) is 36.4 Å². The molecule has 0 atom stereocenters. The second-order valence-corrected chi connectivity index (χ2v) is 6.58. The standard InChI is InChI=1S/C21H19N3O2/c1-14(2)23-13-15(17-10-6-7-11-19(17)23)12-18-20(25)22-24(21(18)26)16-8-4-3-5-9-16/h3-14H,1-2H3,(H,22,25)/b18-12-. The Bertz CT molecular complexity index is 1030. The van der Waals surface area contributed by atoms with Gasteiger partial charge in [0.05, 0.1) is 5.69 Å². The van der Waals surface area contributed by atoms with Crippen LogP contribution in [0.4, 0.5) is 5.69 Å². The van der Waals surface area contributed by atoms with E-state index in [-0.39, 0.29) is 23.4 Å². The molecule has 3 aromatic rings. The van der Waals surface area contributed by atoms with E-state index in [1.807, 2.05) is 48.7 Å². The predicted octanol–water partition coefficient (Wildman–Crippen LogP) is 3.68. The number of anilines is 1. The number of hydrazine groups is 1. The van der Waals surface area contributed by atoms with Crippen molar-refractivity contribution in [3.8, 4) is 0 Å². The van der Waals surface area contributed by atoms with Crippen LogP contribution in [-0.2, 0) is 9.59 Å². The van der Waals surface area contributed by atoms with E-state index in [1.54, 1.807) is 18.2 Å². The van der Waals surface area contributed by atoms with Gasteiger partial charge in [0, 0.05) is 28.7 Å². The Labute approximate surface area is 151 Å². The number of hydrogen-bond acceptors (Lipinski definition) is 2. The summed E-state index contributed by atoms with van der Waals surface area (Å²) in [6, 6.07) is 17.4. The molecule has 2 aromatic carbocycles. The van der Waals surface area contributed by atoms with Crippen molar-refractivity contribution in [3.63, 3.8) is 0 Å². The van der Waals surface area contributed by atoms with Crippen LogP contribution < -0.4 is 10.4 Å². The van der Waals surface area contributed by atoms with Gasteiger partial charge in [-0.25, -0.2) is 5.01 Å². The number of fused-ring (bicyclic) bond motifs is 1. The number of hydrogen-bond donors (Lipinski definition) is 1. The number of rotatable bonds is 3. The van der Waals surface area contributed by atoms with Crippen molar-refractivity contribution in [2.45, 2.75) is 19.9 Å². The number of benzene rings is 2. The van der Waals surface area contributed by atoms with Crippen LogP contribution >= 0.6 is 0 Å². The maximum absolute atomic E-state index is 12.8. The molecule has 2 amide bonds. The zero-order chi connectivity index (χ0) is 18.3. The van der Waals surface area contributed by atoms with Gasteiger partial charge in [0.15, 0.2) is 0 Å². The normalized spacial score (nSPS) is 16.1. The van der Waals surface area contributed by atoms with Gasteiger partial charge in [0.25, 0.3) is 11.8 Å². The molecule has 0 aliphatic carbocycles. The summed E-state index contributed by atoms with van der Waals surface area (Å²) >= 11 is 0. The third-order valence-electron chi connectivity index (χ3n) is 4.53. The van der Waals surface area contributed by atoms with Crippen molar-refractivity contribution in [2.24, 2.45) is 0 Å². The molecule has 5 nitrogen and oxygen atoms in total. The van der Waals surface area contributed by atoms with Crippen LogP contribution in [0.25, 0.3) is 17.0 Å². The molecule has 1 saturated heterocycles. The van der Waals surface area contributed by atoms with E-state index in [4.69, 9.17) is 0 Å². The molecule has 5 heteroatoms. The molecule has 26 heavy (non-hydrogen) atoms. The molecule has 0 bridgehead atoms. The molecular weight excluding hydrogens is 326 g/mol. The van der Waals surface area contributed by atoms with E-state index in [0.717, 1.165) is 16.5 Å². The minimum Gasteiger partial charge on any atom is -0.344 e. The molecule has 0 unspecified atom stereocenters. The van der Waals surface area contributed by atoms with Gasteiger partial charge in [-0.05, 0) is 38.1 Å². The van der Waals surface area contributed by atoms with Crippen molar-refractivity contribution in [3.05, 3.63) is 71.9 Å². The maximum Gasteiger partial charge on any atom is 0.282 e. The van der Waals surface area contributed by atoms with Crippen LogP contribution in [0.1, 0.15) is 25.5 Å². The molecule has 130 valence electrons. The monoisotopic (exact) mass is 345 g/mol. The fraction of sp³-hybridized carbons (Fsp3) is 0.143. The van der Waals surface area contributed by atoms with Gasteiger partial charge < -0.3 is 4.57 Å². The Balaban J connectivity index is 1.78. The number of amides is 2. The zero-order valence-electron chi connectivity index (χ0n) is 14.6. The van der Waals surface area contributed by atoms with Gasteiger partial charge in [0.2, 0.25) is 0 Å². The summed E-state index contributed by atoms with van der Waals surface area (Å²) in [5.74, 6) is -0.734. The van der Waals surface area contributed by atoms with Crippen molar-refractivity contribution in [1.29, 1.82) is 0 Å². The molecule has 1 aliphatic rings. The SMILES string of the molecule is CC(C)n1cc(/C=C2/C(=O)NN(c3ccccc3)C2=O)c2ccccc21. The van der Waals surface area contributed by atoms with Gasteiger partial charge in [0.1, 0.15) is 5.57 Å². The number of nitrogens with one attached hydrogen (secondary N) is 1. The number of nitrogens with zero attached hydrogens (tertiary/aromatic N) is 2. The number of carbonyl (C=O) groups is 2. The molecule has 0 spiro atoms. The number of carbonyl (C=O) groups excluding carboxylic acids is 2. The molecule has 0 radical (unpaired) electrons. The fourth-order valence-electron chi connectivity index (χ4n) is 3.25. The fourth-order valence-corrected chi connectivity index (χ4v) is 3.25. The highest BCUT2D eigenvalue weighted by Gasteiger charge is 2.34. The zero-order valence-corrected chi connectivity index (χ0v) is 14.6. The first-order chi connectivity index (χ1) is 12.6. The summed E-state index contributed by atoms with van der Waals surface area (Å²) < 4.78 is 2.15. The summed E-state index contributed by atoms with van der Waals surface area (Å²) in [5.41, 5.74) is 5.36. The first kappa shape index (κ1) is 16.1. The molecule has 4 rings (SSSR count). The average Bonchev–Trinajstić information content (AvgIpc) is 3.16. The minimum atomic E-state index is -0.389. The van der Waals surface area contributed by atoms with E-state index >= 15 is 0 Å². The molecule has 1 aliphatic heterocycles. The third kappa shape index (κ3) is 2.58. The molecular formula is C21H19N3O2. The summed E-state index contributed by atoms with van der Waals surface area (Å²) in [5, 5.41) is 2.31. The largest absolute Gasteiger partial charge is 0.344 e. The summed E-state index contributed by atoms with van der Waals surface area (Å²) in [6.45, 7) is 4.21. The van der Waals surface area contributed by atoms with Crippen molar-refractivity contribution in [1.82, 2.24) is 9.99 Å². The van der Waals surface area contributed by atoms with E-state index in [1.165, 1.54) is 5.01 Å². The van der Waals surface area contributed by atoms with E-state index in [0.29, 0.717) is 5.69 Å². The second-order valence-electron chi connectivity index (χ2n) is 6.58. The van der Waals surface area contributed by atoms with Crippen LogP contribution in [-0.4, -0.2) is 16.4 Å². The number of para-hydroxylation sites is 2. The highest BCUT2D eigenvalue weighted by molar-refractivity contribution is 6.32. The lowest BCUT2D eigenvalue weighted by Crippen LogP contribution is -2.35. The van der Waals surface area contributed by atoms with Crippen LogP contribution in [0, 0.1) is 0 Å². The first-order valence-electron chi connectivity index (χ1n) is 8.58. The Kier molecular flexibility index (Phi) is 3.84. The Morgan fingerprint density at radius 1 is 0.962 bits per heavy atom. The quantitative estimate of drug-likeness (QED) is 0.581. The van der Waals surface area contributed by atoms with Crippen LogP contribution in [0.15, 0.2) is 66.4 Å². The Morgan fingerprint density at radius 2 is 1.65 bits per heavy atom. The van der Waals surface area contributed by atoms with Crippen LogP contribution in [0.2, 0.25) is 0 Å². The highest BCUT2D eigenvalue weighted by atomic mass is 16.2. The third-order valence-corrected chi connectivity index (χ3v) is 4.53. The molecule has 1 aromatic heterocycles. The second kappa shape index (κ2) is 6.19. The van der Waals surface area contributed by atoms with Gasteiger partial charge in [-0.15, -0.1) is 0 Å². The topological polar surface area (TPSA) is 54.3 Å². The molecule has 0 saturated carbocycles. The summed E-state index contributed by atoms with van der Waals surface area (Å²) in [6.07, 6.45) is 3.68. The Morgan fingerprint density at radius 3 is 2.38 bits per heavy atom. The van der Waals surface area contributed by atoms with E-state index in [2.05, 4.69) is 23.8 Å². The van der Waals surface area contributed by atoms with Crippen LogP contribution in [0.5, 0.6) is 0 Å². The average molecular weight is 345 g/mol. The number of aromatic nitrogens is 1. The molecule has 1 N–H and O–H groups in total. The minimum absolute atomic E-state index is 0.139. The van der Waals surface area contributed by atoms with Gasteiger partial charge in [-0.3, -0.25) is 15.0 Å². The summed E-state index contributed by atoms with van der Waals surface area (Å²) in [7, 11) is 0. The smallest absolute Gasteiger partial charge is 0.282 e. The maximum atomic E-state index is 12.8. The van der Waals surface area contributed by atoms with Gasteiger partial charge >= 0.3 is 0 Å². The van der Waals surface area contributed by atoms with E-state index in [9.17, 15) is 9.59 Å². The van der Waals surface area contributed by atoms with Crippen molar-refractivity contribution in [2.75, 3.05) is 5.01 Å². The lowest BCUT2D eigenvalue weighted by Gasteiger charge is -2.13. The van der Waals surface area contributed by atoms with Crippen molar-refractivity contribution < 1.29 is 9.59 Å². The predicted molar refractivity (Wildman–Crippen MR) is 102 cm³/mol. The Hall–Kier alpha value is -3.34.